The van der Waals surface area contributed by atoms with Crippen LogP contribution in [0.15, 0.2) is 48.5 Å². The molecular weight excluding hydrogens is 278 g/mol. The SMILES string of the molecule is Cc1ccc(C(=O)OCC(=O)NCc2ccccc2C)cc1. The van der Waals surface area contributed by atoms with Gasteiger partial charge < -0.3 is 10.1 Å². The van der Waals surface area contributed by atoms with E-state index in [0.717, 1.165) is 16.7 Å². The van der Waals surface area contributed by atoms with Crippen molar-refractivity contribution in [3.05, 3.63) is 70.8 Å². The van der Waals surface area contributed by atoms with E-state index in [1.165, 1.54) is 0 Å². The summed E-state index contributed by atoms with van der Waals surface area (Å²) in [4.78, 5) is 23.5. The summed E-state index contributed by atoms with van der Waals surface area (Å²) in [5, 5.41) is 2.74. The first kappa shape index (κ1) is 15.8. The van der Waals surface area contributed by atoms with E-state index in [1.807, 2.05) is 50.2 Å². The maximum atomic E-state index is 11.8. The maximum Gasteiger partial charge on any atom is 0.338 e. The van der Waals surface area contributed by atoms with Crippen molar-refractivity contribution in [2.24, 2.45) is 0 Å². The van der Waals surface area contributed by atoms with E-state index >= 15 is 0 Å². The van der Waals surface area contributed by atoms with Crippen LogP contribution in [-0.4, -0.2) is 18.5 Å². The number of carbonyl (C=O) groups is 2. The zero-order valence-corrected chi connectivity index (χ0v) is 12.8. The molecule has 2 rings (SSSR count). The van der Waals surface area contributed by atoms with Crippen LogP contribution in [0.1, 0.15) is 27.0 Å². The highest BCUT2D eigenvalue weighted by molar-refractivity contribution is 5.91. The largest absolute Gasteiger partial charge is 0.452 e. The molecule has 0 aromatic heterocycles. The molecule has 0 saturated heterocycles. The van der Waals surface area contributed by atoms with E-state index in [4.69, 9.17) is 4.74 Å². The first-order chi connectivity index (χ1) is 10.6. The highest BCUT2D eigenvalue weighted by Gasteiger charge is 2.10. The monoisotopic (exact) mass is 297 g/mol. The Balaban J connectivity index is 1.79. The third-order valence-corrected chi connectivity index (χ3v) is 3.36. The lowest BCUT2D eigenvalue weighted by atomic mass is 10.1. The predicted octanol–water partition coefficient (Wildman–Crippen LogP) is 2.78. The second kappa shape index (κ2) is 7.41. The predicted molar refractivity (Wildman–Crippen MR) is 84.5 cm³/mol. The summed E-state index contributed by atoms with van der Waals surface area (Å²) in [5.41, 5.74) is 3.66. The van der Waals surface area contributed by atoms with Gasteiger partial charge >= 0.3 is 5.97 Å². The third kappa shape index (κ3) is 4.45. The van der Waals surface area contributed by atoms with E-state index < -0.39 is 5.97 Å². The van der Waals surface area contributed by atoms with Gasteiger partial charge in [-0.2, -0.15) is 0 Å². The minimum atomic E-state index is -0.494. The molecule has 0 saturated carbocycles. The van der Waals surface area contributed by atoms with E-state index in [2.05, 4.69) is 5.32 Å². The Morgan fingerprint density at radius 1 is 1.00 bits per heavy atom. The molecule has 4 nitrogen and oxygen atoms in total. The number of ether oxygens (including phenoxy) is 1. The Kier molecular flexibility index (Phi) is 5.31. The Labute approximate surface area is 130 Å². The van der Waals surface area contributed by atoms with Crippen molar-refractivity contribution in [1.82, 2.24) is 5.32 Å². The van der Waals surface area contributed by atoms with E-state index in [0.29, 0.717) is 12.1 Å². The fourth-order valence-corrected chi connectivity index (χ4v) is 1.96. The Morgan fingerprint density at radius 2 is 1.68 bits per heavy atom. The van der Waals surface area contributed by atoms with Gasteiger partial charge in [0.05, 0.1) is 5.56 Å². The smallest absolute Gasteiger partial charge is 0.338 e. The maximum absolute atomic E-state index is 11.8. The zero-order valence-electron chi connectivity index (χ0n) is 12.8. The normalized spacial score (nSPS) is 10.1. The van der Waals surface area contributed by atoms with Crippen LogP contribution in [0.4, 0.5) is 0 Å². The van der Waals surface area contributed by atoms with Crippen LogP contribution in [0.3, 0.4) is 0 Å². The molecule has 0 aliphatic heterocycles. The molecule has 1 N–H and O–H groups in total. The standard InChI is InChI=1S/C18H19NO3/c1-13-7-9-15(10-8-13)18(21)22-12-17(20)19-11-16-6-4-3-5-14(16)2/h3-10H,11-12H2,1-2H3,(H,19,20). The minimum absolute atomic E-state index is 0.279. The molecule has 2 aromatic rings. The van der Waals surface area contributed by atoms with Gasteiger partial charge in [0.1, 0.15) is 0 Å². The lowest BCUT2D eigenvalue weighted by molar-refractivity contribution is -0.124. The minimum Gasteiger partial charge on any atom is -0.452 e. The summed E-state index contributed by atoms with van der Waals surface area (Å²) in [6.07, 6.45) is 0. The number of hydrogen-bond donors (Lipinski definition) is 1. The lowest BCUT2D eigenvalue weighted by Crippen LogP contribution is -2.28. The van der Waals surface area contributed by atoms with Crippen LogP contribution < -0.4 is 5.32 Å². The highest BCUT2D eigenvalue weighted by atomic mass is 16.5. The van der Waals surface area contributed by atoms with Gasteiger partial charge in [0.15, 0.2) is 6.61 Å². The second-order valence-electron chi connectivity index (χ2n) is 5.15. The first-order valence-corrected chi connectivity index (χ1v) is 7.11. The average Bonchev–Trinajstić information content (AvgIpc) is 2.52. The fourth-order valence-electron chi connectivity index (χ4n) is 1.96. The molecule has 0 atom stereocenters. The van der Waals surface area contributed by atoms with Crippen molar-refractivity contribution in [2.45, 2.75) is 20.4 Å². The molecule has 22 heavy (non-hydrogen) atoms. The molecule has 2 aromatic carbocycles. The van der Waals surface area contributed by atoms with Crippen LogP contribution in [0, 0.1) is 13.8 Å². The number of esters is 1. The highest BCUT2D eigenvalue weighted by Crippen LogP contribution is 2.06. The molecule has 0 bridgehead atoms. The number of aryl methyl sites for hydroxylation is 2. The molecule has 0 radical (unpaired) electrons. The number of benzene rings is 2. The summed E-state index contributed by atoms with van der Waals surface area (Å²) < 4.78 is 5.00. The Morgan fingerprint density at radius 3 is 2.36 bits per heavy atom. The van der Waals surface area contributed by atoms with E-state index in [1.54, 1.807) is 12.1 Å². The van der Waals surface area contributed by atoms with Gasteiger partial charge in [-0.25, -0.2) is 4.79 Å². The van der Waals surface area contributed by atoms with Crippen molar-refractivity contribution in [3.8, 4) is 0 Å². The number of nitrogens with one attached hydrogen (secondary N) is 1. The summed E-state index contributed by atoms with van der Waals surface area (Å²) in [5.74, 6) is -0.810. The zero-order chi connectivity index (χ0) is 15.9. The molecule has 0 aliphatic carbocycles. The number of amides is 1. The van der Waals surface area contributed by atoms with Crippen molar-refractivity contribution < 1.29 is 14.3 Å². The van der Waals surface area contributed by atoms with Crippen molar-refractivity contribution in [2.75, 3.05) is 6.61 Å². The van der Waals surface area contributed by atoms with Gasteiger partial charge in [-0.05, 0) is 37.1 Å². The van der Waals surface area contributed by atoms with Gasteiger partial charge in [0.25, 0.3) is 5.91 Å². The molecule has 0 spiro atoms. The van der Waals surface area contributed by atoms with Crippen LogP contribution in [0.25, 0.3) is 0 Å². The molecule has 114 valence electrons. The van der Waals surface area contributed by atoms with Gasteiger partial charge in [-0.3, -0.25) is 4.79 Å². The molecule has 0 unspecified atom stereocenters. The summed E-state index contributed by atoms with van der Waals surface area (Å²) in [6.45, 7) is 4.07. The molecule has 4 heteroatoms. The lowest BCUT2D eigenvalue weighted by Gasteiger charge is -2.08. The molecule has 0 fully saturated rings. The third-order valence-electron chi connectivity index (χ3n) is 3.36. The van der Waals surface area contributed by atoms with Crippen LogP contribution in [-0.2, 0) is 16.1 Å². The van der Waals surface area contributed by atoms with Gasteiger partial charge in [-0.1, -0.05) is 42.0 Å². The molecule has 0 aliphatic rings. The van der Waals surface area contributed by atoms with Crippen molar-refractivity contribution in [3.63, 3.8) is 0 Å². The molecule has 1 amide bonds. The van der Waals surface area contributed by atoms with Gasteiger partial charge in [0, 0.05) is 6.54 Å². The van der Waals surface area contributed by atoms with Crippen molar-refractivity contribution in [1.29, 1.82) is 0 Å². The Hall–Kier alpha value is -2.62. The van der Waals surface area contributed by atoms with Crippen LogP contribution in [0.2, 0.25) is 0 Å². The average molecular weight is 297 g/mol. The summed E-state index contributed by atoms with van der Waals surface area (Å²) in [7, 11) is 0. The number of carbonyl (C=O) groups excluding carboxylic acids is 2. The topological polar surface area (TPSA) is 55.4 Å². The first-order valence-electron chi connectivity index (χ1n) is 7.11. The summed E-state index contributed by atoms with van der Waals surface area (Å²) >= 11 is 0. The van der Waals surface area contributed by atoms with Crippen LogP contribution >= 0.6 is 0 Å². The van der Waals surface area contributed by atoms with E-state index in [9.17, 15) is 9.59 Å². The second-order valence-corrected chi connectivity index (χ2v) is 5.15. The number of rotatable bonds is 5. The quantitative estimate of drug-likeness (QED) is 0.863. The Bertz CT molecular complexity index is 662. The molecule has 0 heterocycles. The van der Waals surface area contributed by atoms with Gasteiger partial charge in [-0.15, -0.1) is 0 Å². The fraction of sp³-hybridized carbons (Fsp3) is 0.222. The molecular formula is C18H19NO3. The summed E-state index contributed by atoms with van der Waals surface area (Å²) in [6, 6.07) is 14.8. The number of hydrogen-bond acceptors (Lipinski definition) is 3. The van der Waals surface area contributed by atoms with E-state index in [-0.39, 0.29) is 12.5 Å². The van der Waals surface area contributed by atoms with Crippen LogP contribution in [0.5, 0.6) is 0 Å². The van der Waals surface area contributed by atoms with Gasteiger partial charge in [0.2, 0.25) is 0 Å². The van der Waals surface area contributed by atoms with Crippen molar-refractivity contribution >= 4 is 11.9 Å².